The third-order valence-corrected chi connectivity index (χ3v) is 3.38. The summed E-state index contributed by atoms with van der Waals surface area (Å²) in [5.41, 5.74) is 1.28. The molecule has 0 saturated heterocycles. The minimum Gasteiger partial charge on any atom is -0.339 e. The van der Waals surface area contributed by atoms with Gasteiger partial charge in [0.15, 0.2) is 11.5 Å². The fourth-order valence-corrected chi connectivity index (χ4v) is 2.25. The normalized spacial score (nSPS) is 14.2. The van der Waals surface area contributed by atoms with Gasteiger partial charge in [-0.1, -0.05) is 0 Å². The van der Waals surface area contributed by atoms with E-state index in [2.05, 4.69) is 15.5 Å². The van der Waals surface area contributed by atoms with Crippen molar-refractivity contribution in [2.75, 3.05) is 17.3 Å². The number of halogens is 3. The van der Waals surface area contributed by atoms with E-state index in [1.165, 1.54) is 6.07 Å². The molecule has 1 aliphatic rings. The van der Waals surface area contributed by atoms with Crippen LogP contribution in [0.15, 0.2) is 30.3 Å². The number of hydrogen-bond donors (Lipinski definition) is 1. The van der Waals surface area contributed by atoms with Crippen LogP contribution in [0.4, 0.5) is 30.4 Å². The van der Waals surface area contributed by atoms with Crippen LogP contribution in [0.25, 0.3) is 0 Å². The Bertz CT molecular complexity index is 728. The van der Waals surface area contributed by atoms with Gasteiger partial charge in [0, 0.05) is 18.4 Å². The summed E-state index contributed by atoms with van der Waals surface area (Å²) >= 11 is 0. The van der Waals surface area contributed by atoms with Gasteiger partial charge < -0.3 is 10.2 Å². The van der Waals surface area contributed by atoms with Gasteiger partial charge in [0.1, 0.15) is 0 Å². The predicted molar refractivity (Wildman–Crippen MR) is 73.9 cm³/mol. The molecule has 1 N–H and O–H groups in total. The van der Waals surface area contributed by atoms with Crippen LogP contribution in [0.2, 0.25) is 0 Å². The molecule has 0 radical (unpaired) electrons. The van der Waals surface area contributed by atoms with Gasteiger partial charge in [0.05, 0.1) is 6.42 Å². The molecule has 0 spiro atoms. The van der Waals surface area contributed by atoms with Gasteiger partial charge in [-0.25, -0.2) is 0 Å². The highest BCUT2D eigenvalue weighted by atomic mass is 19.4. The largest absolute Gasteiger partial charge is 0.435 e. The third-order valence-electron chi connectivity index (χ3n) is 3.38. The van der Waals surface area contributed by atoms with Crippen LogP contribution >= 0.6 is 0 Å². The number of amides is 1. The first-order chi connectivity index (χ1) is 10.3. The Hall–Kier alpha value is -2.64. The standard InChI is InChI=1S/C14H11F3N4O/c1-21-10-3-2-9(6-8(10)7-13(21)22)18-12-5-4-11(19-20-12)14(15,16)17/h2-6H,7H2,1H3,(H,18,20). The zero-order chi connectivity index (χ0) is 15.9. The molecule has 1 aromatic heterocycles. The molecule has 1 aromatic carbocycles. The van der Waals surface area contributed by atoms with Crippen molar-refractivity contribution in [2.24, 2.45) is 0 Å². The van der Waals surface area contributed by atoms with E-state index in [-0.39, 0.29) is 11.7 Å². The summed E-state index contributed by atoms with van der Waals surface area (Å²) in [5, 5.41) is 9.52. The minimum absolute atomic E-state index is 0.00136. The molecule has 2 aromatic rings. The molecule has 5 nitrogen and oxygen atoms in total. The van der Waals surface area contributed by atoms with Crippen LogP contribution in [0, 0.1) is 0 Å². The number of nitrogens with zero attached hydrogens (tertiary/aromatic N) is 3. The van der Waals surface area contributed by atoms with E-state index in [9.17, 15) is 18.0 Å². The highest BCUT2D eigenvalue weighted by Crippen LogP contribution is 2.31. The van der Waals surface area contributed by atoms with Crippen LogP contribution in [0.5, 0.6) is 0 Å². The summed E-state index contributed by atoms with van der Waals surface area (Å²) in [5.74, 6) is 0.201. The molecule has 0 bridgehead atoms. The molecular formula is C14H11F3N4O. The molecule has 0 saturated carbocycles. The molecule has 8 heteroatoms. The van der Waals surface area contributed by atoms with Crippen molar-refractivity contribution < 1.29 is 18.0 Å². The van der Waals surface area contributed by atoms with Gasteiger partial charge in [-0.2, -0.15) is 13.2 Å². The number of anilines is 3. The Labute approximate surface area is 123 Å². The smallest absolute Gasteiger partial charge is 0.339 e. The van der Waals surface area contributed by atoms with Gasteiger partial charge in [0.2, 0.25) is 5.91 Å². The van der Waals surface area contributed by atoms with Crippen molar-refractivity contribution in [3.63, 3.8) is 0 Å². The molecule has 3 rings (SSSR count). The van der Waals surface area contributed by atoms with E-state index >= 15 is 0 Å². The van der Waals surface area contributed by atoms with Crippen molar-refractivity contribution >= 4 is 23.1 Å². The van der Waals surface area contributed by atoms with Crippen molar-refractivity contribution in [3.8, 4) is 0 Å². The molecule has 0 unspecified atom stereocenters. The Morgan fingerprint density at radius 2 is 1.95 bits per heavy atom. The average Bonchev–Trinajstić information content (AvgIpc) is 2.73. The summed E-state index contributed by atoms with van der Waals surface area (Å²) in [7, 11) is 1.70. The van der Waals surface area contributed by atoms with Gasteiger partial charge in [0.25, 0.3) is 0 Å². The Morgan fingerprint density at radius 3 is 2.59 bits per heavy atom. The van der Waals surface area contributed by atoms with Gasteiger partial charge in [-0.05, 0) is 35.9 Å². The zero-order valence-electron chi connectivity index (χ0n) is 11.5. The summed E-state index contributed by atoms with van der Waals surface area (Å²) in [6, 6.07) is 7.35. The van der Waals surface area contributed by atoms with Crippen molar-refractivity contribution in [2.45, 2.75) is 12.6 Å². The van der Waals surface area contributed by atoms with Crippen LogP contribution in [0.1, 0.15) is 11.3 Å². The average molecular weight is 308 g/mol. The number of rotatable bonds is 2. The Balaban J connectivity index is 1.80. The molecule has 22 heavy (non-hydrogen) atoms. The van der Waals surface area contributed by atoms with E-state index < -0.39 is 11.9 Å². The molecule has 1 aliphatic heterocycles. The lowest BCUT2D eigenvalue weighted by molar-refractivity contribution is -0.141. The molecule has 0 atom stereocenters. The number of nitrogens with one attached hydrogen (secondary N) is 1. The van der Waals surface area contributed by atoms with Crippen molar-refractivity contribution in [1.29, 1.82) is 0 Å². The molecule has 114 valence electrons. The fraction of sp³-hybridized carbons (Fsp3) is 0.214. The Morgan fingerprint density at radius 1 is 1.18 bits per heavy atom. The SMILES string of the molecule is CN1C(=O)Cc2cc(Nc3ccc(C(F)(F)F)nn3)ccc21. The summed E-state index contributed by atoms with van der Waals surface area (Å²) < 4.78 is 37.2. The number of likely N-dealkylation sites (N-methyl/N-ethyl adjacent to an activating group) is 1. The molecular weight excluding hydrogens is 297 g/mol. The van der Waals surface area contributed by atoms with E-state index in [0.29, 0.717) is 12.1 Å². The van der Waals surface area contributed by atoms with Crippen LogP contribution < -0.4 is 10.2 Å². The second-order valence-corrected chi connectivity index (χ2v) is 4.90. The maximum absolute atomic E-state index is 12.4. The van der Waals surface area contributed by atoms with Gasteiger partial charge in [-0.3, -0.25) is 4.79 Å². The Kier molecular flexibility index (Phi) is 3.23. The quantitative estimate of drug-likeness (QED) is 0.927. The first-order valence-electron chi connectivity index (χ1n) is 6.42. The number of aromatic nitrogens is 2. The van der Waals surface area contributed by atoms with Crippen LogP contribution in [0.3, 0.4) is 0 Å². The summed E-state index contributed by atoms with van der Waals surface area (Å²) in [6.45, 7) is 0. The number of carbonyl (C=O) groups excluding carboxylic acids is 1. The number of carbonyl (C=O) groups is 1. The highest BCUT2D eigenvalue weighted by Gasteiger charge is 2.32. The maximum Gasteiger partial charge on any atom is 0.435 e. The summed E-state index contributed by atoms with van der Waals surface area (Å²) in [6.07, 6.45) is -4.20. The lowest BCUT2D eigenvalue weighted by atomic mass is 10.1. The monoisotopic (exact) mass is 308 g/mol. The third kappa shape index (κ3) is 2.59. The zero-order valence-corrected chi connectivity index (χ0v) is 11.5. The lowest BCUT2D eigenvalue weighted by Gasteiger charge is -2.11. The van der Waals surface area contributed by atoms with E-state index in [4.69, 9.17) is 0 Å². The molecule has 0 fully saturated rings. The van der Waals surface area contributed by atoms with E-state index in [1.807, 2.05) is 0 Å². The first-order valence-corrected chi connectivity index (χ1v) is 6.42. The van der Waals surface area contributed by atoms with Crippen molar-refractivity contribution in [1.82, 2.24) is 10.2 Å². The van der Waals surface area contributed by atoms with Crippen molar-refractivity contribution in [3.05, 3.63) is 41.6 Å². The van der Waals surface area contributed by atoms with Gasteiger partial charge >= 0.3 is 6.18 Å². The summed E-state index contributed by atoms with van der Waals surface area (Å²) in [4.78, 5) is 13.2. The lowest BCUT2D eigenvalue weighted by Crippen LogP contribution is -2.20. The number of benzene rings is 1. The van der Waals surface area contributed by atoms with Gasteiger partial charge in [-0.15, -0.1) is 10.2 Å². The number of fused-ring (bicyclic) bond motifs is 1. The van der Waals surface area contributed by atoms with Crippen LogP contribution in [-0.4, -0.2) is 23.2 Å². The van der Waals surface area contributed by atoms with E-state index in [1.54, 1.807) is 30.1 Å². The second kappa shape index (κ2) is 4.97. The molecule has 2 heterocycles. The fourth-order valence-electron chi connectivity index (χ4n) is 2.25. The topological polar surface area (TPSA) is 58.1 Å². The highest BCUT2D eigenvalue weighted by molar-refractivity contribution is 6.01. The van der Waals surface area contributed by atoms with E-state index in [0.717, 1.165) is 17.3 Å². The van der Waals surface area contributed by atoms with Crippen LogP contribution in [-0.2, 0) is 17.4 Å². The molecule has 0 aliphatic carbocycles. The number of hydrogen-bond acceptors (Lipinski definition) is 4. The first kappa shape index (κ1) is 14.3. The minimum atomic E-state index is -4.51. The predicted octanol–water partition coefficient (Wildman–Crippen LogP) is 2.76. The molecule has 1 amide bonds. The second-order valence-electron chi connectivity index (χ2n) is 4.90. The maximum atomic E-state index is 12.4. The number of alkyl halides is 3.